The predicted molar refractivity (Wildman–Crippen MR) is 95.8 cm³/mol. The molecule has 2 rings (SSSR count). The second kappa shape index (κ2) is 7.85. The molecular formula is C16H15BrCl3N. The Morgan fingerprint density at radius 2 is 1.81 bits per heavy atom. The molecule has 0 radical (unpaired) electrons. The van der Waals surface area contributed by atoms with Gasteiger partial charge in [-0.05, 0) is 70.4 Å². The minimum atomic E-state index is -0.0400. The molecule has 1 nitrogen and oxygen atoms in total. The Labute approximate surface area is 148 Å². The van der Waals surface area contributed by atoms with Crippen molar-refractivity contribution in [3.63, 3.8) is 0 Å². The van der Waals surface area contributed by atoms with Crippen LogP contribution in [-0.2, 0) is 0 Å². The summed E-state index contributed by atoms with van der Waals surface area (Å²) in [6.07, 6.45) is 1.03. The Balaban J connectivity index is 2.46. The molecule has 0 fully saturated rings. The number of nitrogens with one attached hydrogen (secondary N) is 1. The number of hydrogen-bond donors (Lipinski definition) is 1. The Bertz CT molecular complexity index is 631. The second-order valence-electron chi connectivity index (χ2n) is 4.73. The van der Waals surface area contributed by atoms with Crippen LogP contribution in [0.4, 0.5) is 0 Å². The quantitative estimate of drug-likeness (QED) is 0.597. The summed E-state index contributed by atoms with van der Waals surface area (Å²) < 4.78 is 0.874. The molecular weight excluding hydrogens is 392 g/mol. The van der Waals surface area contributed by atoms with Crippen LogP contribution in [0.5, 0.6) is 0 Å². The van der Waals surface area contributed by atoms with Crippen molar-refractivity contribution in [2.45, 2.75) is 19.4 Å². The molecule has 0 aliphatic carbocycles. The summed E-state index contributed by atoms with van der Waals surface area (Å²) in [5.74, 6) is 0. The molecule has 2 aromatic rings. The van der Waals surface area contributed by atoms with Gasteiger partial charge >= 0.3 is 0 Å². The smallest absolute Gasteiger partial charge is 0.0592 e. The van der Waals surface area contributed by atoms with Crippen molar-refractivity contribution >= 4 is 50.7 Å². The van der Waals surface area contributed by atoms with Crippen molar-refractivity contribution in [3.05, 3.63) is 67.1 Å². The van der Waals surface area contributed by atoms with E-state index in [2.05, 4.69) is 28.2 Å². The van der Waals surface area contributed by atoms with Crippen LogP contribution in [0.1, 0.15) is 30.5 Å². The van der Waals surface area contributed by atoms with Crippen molar-refractivity contribution in [1.82, 2.24) is 5.32 Å². The minimum absolute atomic E-state index is 0.0400. The second-order valence-corrected chi connectivity index (χ2v) is 6.83. The van der Waals surface area contributed by atoms with E-state index >= 15 is 0 Å². The summed E-state index contributed by atoms with van der Waals surface area (Å²) in [6.45, 7) is 3.00. The molecule has 0 saturated carbocycles. The maximum Gasteiger partial charge on any atom is 0.0592 e. The lowest BCUT2D eigenvalue weighted by molar-refractivity contribution is 0.599. The van der Waals surface area contributed by atoms with E-state index in [0.717, 1.165) is 28.6 Å². The molecule has 2 aromatic carbocycles. The van der Waals surface area contributed by atoms with Gasteiger partial charge in [0.25, 0.3) is 0 Å². The molecule has 5 heteroatoms. The van der Waals surface area contributed by atoms with Crippen LogP contribution in [-0.4, -0.2) is 6.54 Å². The van der Waals surface area contributed by atoms with E-state index in [0.29, 0.717) is 15.1 Å². The van der Waals surface area contributed by atoms with Crippen LogP contribution < -0.4 is 5.32 Å². The molecule has 0 aliphatic heterocycles. The highest BCUT2D eigenvalue weighted by molar-refractivity contribution is 9.10. The monoisotopic (exact) mass is 405 g/mol. The zero-order valence-electron chi connectivity index (χ0n) is 11.5. The van der Waals surface area contributed by atoms with E-state index in [4.69, 9.17) is 34.8 Å². The van der Waals surface area contributed by atoms with Crippen LogP contribution in [0.2, 0.25) is 15.1 Å². The van der Waals surface area contributed by atoms with Crippen molar-refractivity contribution in [3.8, 4) is 0 Å². The van der Waals surface area contributed by atoms with E-state index < -0.39 is 0 Å². The van der Waals surface area contributed by atoms with E-state index in [1.165, 1.54) is 0 Å². The van der Waals surface area contributed by atoms with Crippen molar-refractivity contribution in [2.75, 3.05) is 6.54 Å². The Morgan fingerprint density at radius 1 is 1.05 bits per heavy atom. The van der Waals surface area contributed by atoms with Gasteiger partial charge in [-0.1, -0.05) is 47.8 Å². The maximum absolute atomic E-state index is 6.35. The highest BCUT2D eigenvalue weighted by atomic mass is 79.9. The standard InChI is InChI=1S/C16H15BrCl3N/c1-2-7-21-16(10-3-5-13(17)15(20)8-10)12-9-11(18)4-6-14(12)19/h3-6,8-9,16,21H,2,7H2,1H3. The molecule has 0 heterocycles. The van der Waals surface area contributed by atoms with E-state index in [9.17, 15) is 0 Å². The van der Waals surface area contributed by atoms with Gasteiger partial charge in [-0.15, -0.1) is 0 Å². The number of halogens is 4. The molecule has 0 bridgehead atoms. The molecule has 0 spiro atoms. The molecule has 1 atom stereocenters. The Kier molecular flexibility index (Phi) is 6.39. The van der Waals surface area contributed by atoms with Gasteiger partial charge in [0, 0.05) is 14.5 Å². The third-order valence-corrected chi connectivity index (χ3v) is 4.96. The summed E-state index contributed by atoms with van der Waals surface area (Å²) in [5, 5.41) is 5.53. The first-order chi connectivity index (χ1) is 10.0. The zero-order chi connectivity index (χ0) is 15.4. The van der Waals surface area contributed by atoms with E-state index in [1.807, 2.05) is 30.3 Å². The normalized spacial score (nSPS) is 12.4. The fraction of sp³-hybridized carbons (Fsp3) is 0.250. The third-order valence-electron chi connectivity index (χ3n) is 3.14. The highest BCUT2D eigenvalue weighted by Gasteiger charge is 2.17. The number of benzene rings is 2. The topological polar surface area (TPSA) is 12.0 Å². The van der Waals surface area contributed by atoms with Crippen molar-refractivity contribution in [2.24, 2.45) is 0 Å². The van der Waals surface area contributed by atoms with Gasteiger partial charge in [0.15, 0.2) is 0 Å². The molecule has 21 heavy (non-hydrogen) atoms. The molecule has 0 saturated heterocycles. The lowest BCUT2D eigenvalue weighted by Gasteiger charge is -2.21. The number of rotatable bonds is 5. The zero-order valence-corrected chi connectivity index (χ0v) is 15.3. The van der Waals surface area contributed by atoms with Gasteiger partial charge in [-0.25, -0.2) is 0 Å². The first-order valence-electron chi connectivity index (χ1n) is 6.66. The highest BCUT2D eigenvalue weighted by Crippen LogP contribution is 2.33. The Hall–Kier alpha value is -0.250. The average molecular weight is 408 g/mol. The van der Waals surface area contributed by atoms with E-state index in [1.54, 1.807) is 6.07 Å². The fourth-order valence-electron chi connectivity index (χ4n) is 2.12. The third kappa shape index (κ3) is 4.37. The predicted octanol–water partition coefficient (Wildman–Crippen LogP) is 6.50. The largest absolute Gasteiger partial charge is 0.306 e. The van der Waals surface area contributed by atoms with Crippen LogP contribution in [0.25, 0.3) is 0 Å². The summed E-state index contributed by atoms with van der Waals surface area (Å²) >= 11 is 22.1. The lowest BCUT2D eigenvalue weighted by atomic mass is 9.98. The summed E-state index contributed by atoms with van der Waals surface area (Å²) in [6, 6.07) is 11.4. The van der Waals surface area contributed by atoms with Gasteiger partial charge in [-0.3, -0.25) is 0 Å². The summed E-state index contributed by atoms with van der Waals surface area (Å²) in [4.78, 5) is 0. The van der Waals surface area contributed by atoms with Gasteiger partial charge in [-0.2, -0.15) is 0 Å². The first-order valence-corrected chi connectivity index (χ1v) is 8.59. The Morgan fingerprint density at radius 3 is 2.48 bits per heavy atom. The van der Waals surface area contributed by atoms with Gasteiger partial charge in [0.2, 0.25) is 0 Å². The molecule has 1 N–H and O–H groups in total. The van der Waals surface area contributed by atoms with Crippen LogP contribution in [0.3, 0.4) is 0 Å². The van der Waals surface area contributed by atoms with Gasteiger partial charge in [0.1, 0.15) is 0 Å². The summed E-state index contributed by atoms with van der Waals surface area (Å²) in [7, 11) is 0. The van der Waals surface area contributed by atoms with E-state index in [-0.39, 0.29) is 6.04 Å². The first kappa shape index (κ1) is 17.1. The number of hydrogen-bond acceptors (Lipinski definition) is 1. The molecule has 0 aromatic heterocycles. The van der Waals surface area contributed by atoms with Crippen LogP contribution in [0, 0.1) is 0 Å². The van der Waals surface area contributed by atoms with Crippen molar-refractivity contribution < 1.29 is 0 Å². The van der Waals surface area contributed by atoms with Crippen molar-refractivity contribution in [1.29, 1.82) is 0 Å². The molecule has 0 aliphatic rings. The average Bonchev–Trinajstić information content (AvgIpc) is 2.46. The SMILES string of the molecule is CCCNC(c1ccc(Br)c(Cl)c1)c1cc(Cl)ccc1Cl. The molecule has 0 amide bonds. The molecule has 1 unspecified atom stereocenters. The van der Waals surface area contributed by atoms with Gasteiger partial charge in [0.05, 0.1) is 11.1 Å². The maximum atomic E-state index is 6.35. The van der Waals surface area contributed by atoms with Gasteiger partial charge < -0.3 is 5.32 Å². The fourth-order valence-corrected chi connectivity index (χ4v) is 2.97. The minimum Gasteiger partial charge on any atom is -0.306 e. The summed E-state index contributed by atoms with van der Waals surface area (Å²) in [5.41, 5.74) is 2.01. The van der Waals surface area contributed by atoms with Crippen LogP contribution >= 0.6 is 50.7 Å². The molecule has 112 valence electrons. The lowest BCUT2D eigenvalue weighted by Crippen LogP contribution is -2.23. The van der Waals surface area contributed by atoms with Crippen LogP contribution in [0.15, 0.2) is 40.9 Å².